The van der Waals surface area contributed by atoms with Gasteiger partial charge in [-0.05, 0) is 96.9 Å². The summed E-state index contributed by atoms with van der Waals surface area (Å²) >= 11 is 0. The number of fused-ring (bicyclic) bond motifs is 6. The minimum absolute atomic E-state index is 0.0725. The summed E-state index contributed by atoms with van der Waals surface area (Å²) in [6.45, 7) is 9.52. The molecule has 0 radical (unpaired) electrons. The van der Waals surface area contributed by atoms with Crippen molar-refractivity contribution in [3.63, 3.8) is 0 Å². The summed E-state index contributed by atoms with van der Waals surface area (Å²) < 4.78 is 76.6. The van der Waals surface area contributed by atoms with E-state index in [0.29, 0.717) is 25.2 Å². The normalized spacial score (nSPS) is 35.3. The summed E-state index contributed by atoms with van der Waals surface area (Å²) in [5.74, 6) is -0.395. The van der Waals surface area contributed by atoms with E-state index >= 15 is 0 Å². The van der Waals surface area contributed by atoms with Gasteiger partial charge in [0.15, 0.2) is 0 Å². The van der Waals surface area contributed by atoms with Crippen molar-refractivity contribution >= 4 is 15.9 Å². The Balaban J connectivity index is 1.24. The lowest BCUT2D eigenvalue weighted by molar-refractivity contribution is -0.190. The van der Waals surface area contributed by atoms with E-state index in [1.54, 1.807) is 16.9 Å². The minimum Gasteiger partial charge on any atom is -0.477 e. The third kappa shape index (κ3) is 7.10. The molecule has 0 spiro atoms. The number of carbonyl (C=O) groups is 1. The van der Waals surface area contributed by atoms with Crippen LogP contribution in [-0.2, 0) is 14.8 Å². The molecule has 4 saturated heterocycles. The lowest BCUT2D eigenvalue weighted by atomic mass is 9.89. The lowest BCUT2D eigenvalue weighted by Crippen LogP contribution is -2.63. The highest BCUT2D eigenvalue weighted by Crippen LogP contribution is 2.59. The fourth-order valence-corrected chi connectivity index (χ4v) is 10.1. The standard InChI is InChI=1S/C32H50F3N7O4S/c1-4-17-42-29(43)23-10-11-25(41-18-12-26(39-41)46-19-15-31(13-14-31)32(33,34)35)38-28(23)40-21-22(20-30(40,2)3)7-6-16-36-24-8-5-9-27(37-24)47(42,44)45/h4,12,18,22-25,27-28,36-38H,1,5-11,13-17,19-21H2,2-3H3/t22-,23?,24?,25?,27?,28?/m0/s1. The third-order valence-corrected chi connectivity index (χ3v) is 13.1. The summed E-state index contributed by atoms with van der Waals surface area (Å²) in [7, 11) is -4.03. The number of hydrogen-bond donors (Lipinski definition) is 3. The number of hydrogen-bond acceptors (Lipinski definition) is 9. The largest absolute Gasteiger partial charge is 0.477 e. The molecule has 6 unspecified atom stereocenters. The number of amides is 1. The van der Waals surface area contributed by atoms with Crippen LogP contribution in [0.3, 0.4) is 0 Å². The Labute approximate surface area is 276 Å². The van der Waals surface area contributed by atoms with E-state index in [2.05, 4.69) is 46.4 Å². The molecule has 0 aromatic carbocycles. The first-order valence-corrected chi connectivity index (χ1v) is 18.7. The van der Waals surface area contributed by atoms with Crippen molar-refractivity contribution in [1.29, 1.82) is 0 Å². The van der Waals surface area contributed by atoms with Gasteiger partial charge in [0.05, 0.1) is 36.8 Å². The number of nitrogens with zero attached hydrogens (tertiary/aromatic N) is 4. The molecular formula is C32H50F3N7O4S. The SMILES string of the molecule is C=CCN1C(=O)C2CCC(n3ccc(OCCC4(C(F)(F)F)CC4)n3)NC2N2C[C@@H](CCCNC3CCCC(N3)S1(=O)=O)CC2(C)C. The monoisotopic (exact) mass is 685 g/mol. The molecule has 4 bridgehead atoms. The van der Waals surface area contributed by atoms with E-state index in [0.717, 1.165) is 49.5 Å². The first kappa shape index (κ1) is 34.7. The molecule has 15 heteroatoms. The minimum atomic E-state index is -4.23. The second-order valence-corrected chi connectivity index (χ2v) is 16.8. The summed E-state index contributed by atoms with van der Waals surface area (Å²) in [4.78, 5) is 16.8. The van der Waals surface area contributed by atoms with Gasteiger partial charge in [0.25, 0.3) is 10.0 Å². The first-order chi connectivity index (χ1) is 22.2. The number of piperidine rings is 2. The van der Waals surface area contributed by atoms with Crippen LogP contribution in [0, 0.1) is 17.3 Å². The number of nitrogens with one attached hydrogen (secondary N) is 3. The van der Waals surface area contributed by atoms with Gasteiger partial charge in [0.1, 0.15) is 11.5 Å². The van der Waals surface area contributed by atoms with Gasteiger partial charge in [-0.25, -0.2) is 12.7 Å². The Kier molecular flexibility index (Phi) is 9.77. The van der Waals surface area contributed by atoms with Crippen LogP contribution in [0.15, 0.2) is 24.9 Å². The number of ether oxygens (including phenoxy) is 1. The van der Waals surface area contributed by atoms with E-state index in [-0.39, 0.29) is 56.2 Å². The Hall–Kier alpha value is -2.20. The molecular weight excluding hydrogens is 635 g/mol. The van der Waals surface area contributed by atoms with Gasteiger partial charge in [-0.1, -0.05) is 6.08 Å². The van der Waals surface area contributed by atoms with E-state index in [1.807, 2.05) is 0 Å². The molecule has 1 aromatic heterocycles. The zero-order valence-electron chi connectivity index (χ0n) is 27.5. The molecule has 264 valence electrons. The van der Waals surface area contributed by atoms with Crippen molar-refractivity contribution < 1.29 is 31.1 Å². The van der Waals surface area contributed by atoms with E-state index in [9.17, 15) is 26.4 Å². The highest BCUT2D eigenvalue weighted by Gasteiger charge is 2.62. The Morgan fingerprint density at radius 1 is 1.13 bits per heavy atom. The van der Waals surface area contributed by atoms with Gasteiger partial charge in [-0.3, -0.25) is 25.0 Å². The molecule has 4 aliphatic heterocycles. The molecule has 5 heterocycles. The molecule has 1 saturated carbocycles. The zero-order chi connectivity index (χ0) is 33.6. The smallest absolute Gasteiger partial charge is 0.394 e. The summed E-state index contributed by atoms with van der Waals surface area (Å²) in [6.07, 6.45) is 4.10. The number of carbonyl (C=O) groups excluding carboxylic acids is 1. The van der Waals surface area contributed by atoms with Crippen LogP contribution in [0.2, 0.25) is 0 Å². The predicted octanol–water partition coefficient (Wildman–Crippen LogP) is 4.07. The Morgan fingerprint density at radius 3 is 2.64 bits per heavy atom. The van der Waals surface area contributed by atoms with Gasteiger partial charge in [0, 0.05) is 24.3 Å². The molecule has 5 fully saturated rings. The maximum absolute atomic E-state index is 14.5. The quantitative estimate of drug-likeness (QED) is 0.365. The molecule has 1 aliphatic carbocycles. The highest BCUT2D eigenvalue weighted by molar-refractivity contribution is 7.90. The second kappa shape index (κ2) is 13.3. The van der Waals surface area contributed by atoms with Crippen LogP contribution in [-0.4, -0.2) is 89.0 Å². The van der Waals surface area contributed by atoms with Crippen LogP contribution in [0.5, 0.6) is 5.88 Å². The molecule has 1 amide bonds. The van der Waals surface area contributed by atoms with E-state index in [4.69, 9.17) is 4.74 Å². The summed E-state index contributed by atoms with van der Waals surface area (Å²) in [5, 5.41) is 14.1. The van der Waals surface area contributed by atoms with Crippen molar-refractivity contribution in [2.24, 2.45) is 17.3 Å². The zero-order valence-corrected chi connectivity index (χ0v) is 28.3. The van der Waals surface area contributed by atoms with E-state index < -0.39 is 45.0 Å². The number of alkyl halides is 3. The summed E-state index contributed by atoms with van der Waals surface area (Å²) in [6, 6.07) is 1.65. The molecule has 7 atom stereocenters. The topological polar surface area (TPSA) is 121 Å². The molecule has 47 heavy (non-hydrogen) atoms. The van der Waals surface area contributed by atoms with Crippen LogP contribution in [0.25, 0.3) is 0 Å². The van der Waals surface area contributed by atoms with Crippen LogP contribution in [0.4, 0.5) is 13.2 Å². The third-order valence-electron chi connectivity index (χ3n) is 11.1. The Bertz CT molecular complexity index is 1400. The first-order valence-electron chi connectivity index (χ1n) is 17.2. The fraction of sp³-hybridized carbons (Fsp3) is 0.812. The number of sulfonamides is 1. The van der Waals surface area contributed by atoms with Crippen LogP contribution in [0.1, 0.15) is 90.6 Å². The van der Waals surface area contributed by atoms with Crippen molar-refractivity contribution in [2.45, 2.75) is 120 Å². The molecule has 3 N–H and O–H groups in total. The van der Waals surface area contributed by atoms with Crippen LogP contribution < -0.4 is 20.7 Å². The molecule has 5 aliphatic rings. The van der Waals surface area contributed by atoms with Crippen molar-refractivity contribution in [1.82, 2.24) is 34.9 Å². The van der Waals surface area contributed by atoms with E-state index in [1.165, 1.54) is 6.08 Å². The molecule has 11 nitrogen and oxygen atoms in total. The van der Waals surface area contributed by atoms with Crippen molar-refractivity contribution in [3.8, 4) is 5.88 Å². The predicted molar refractivity (Wildman–Crippen MR) is 170 cm³/mol. The summed E-state index contributed by atoms with van der Waals surface area (Å²) in [5.41, 5.74) is -1.88. The van der Waals surface area contributed by atoms with Crippen molar-refractivity contribution in [3.05, 3.63) is 24.9 Å². The van der Waals surface area contributed by atoms with Crippen molar-refractivity contribution in [2.75, 3.05) is 26.2 Å². The lowest BCUT2D eigenvalue weighted by Gasteiger charge is -2.47. The highest BCUT2D eigenvalue weighted by atomic mass is 32.2. The molecule has 1 aromatic rings. The maximum atomic E-state index is 14.5. The van der Waals surface area contributed by atoms with Gasteiger partial charge >= 0.3 is 6.18 Å². The number of rotatable bonds is 7. The maximum Gasteiger partial charge on any atom is 0.394 e. The average Bonchev–Trinajstić information content (AvgIpc) is 3.57. The number of halogens is 3. The van der Waals surface area contributed by atoms with Gasteiger partial charge < -0.3 is 10.1 Å². The molecule has 6 rings (SSSR count). The van der Waals surface area contributed by atoms with Gasteiger partial charge in [-0.2, -0.15) is 13.2 Å². The fourth-order valence-electron chi connectivity index (χ4n) is 8.25. The van der Waals surface area contributed by atoms with Crippen LogP contribution >= 0.6 is 0 Å². The Morgan fingerprint density at radius 2 is 1.91 bits per heavy atom. The average molecular weight is 686 g/mol. The van der Waals surface area contributed by atoms with Gasteiger partial charge in [-0.15, -0.1) is 11.7 Å². The second-order valence-electron chi connectivity index (χ2n) is 14.8. The van der Waals surface area contributed by atoms with Gasteiger partial charge in [0.2, 0.25) is 11.8 Å². The number of aromatic nitrogens is 2.